The molecule has 10 nitrogen and oxygen atoms in total. The molecule has 0 fully saturated rings. The van der Waals surface area contributed by atoms with Gasteiger partial charge < -0.3 is 30.3 Å². The second-order valence-electron chi connectivity index (χ2n) is 8.09. The summed E-state index contributed by atoms with van der Waals surface area (Å²) in [6.45, 7) is 1.28. The topological polar surface area (TPSA) is 128 Å². The first-order valence-electron chi connectivity index (χ1n) is 11.2. The molecule has 0 unspecified atom stereocenters. The van der Waals surface area contributed by atoms with E-state index >= 15 is 0 Å². The van der Waals surface area contributed by atoms with Gasteiger partial charge in [0, 0.05) is 47.9 Å². The number of allylic oxidation sites excluding steroid dienone is 1. The number of nitrogens with zero attached hydrogens (tertiary/aromatic N) is 2. The van der Waals surface area contributed by atoms with Gasteiger partial charge >= 0.3 is 0 Å². The first-order valence-corrected chi connectivity index (χ1v) is 11.2. The van der Waals surface area contributed by atoms with E-state index in [4.69, 9.17) is 14.9 Å². The summed E-state index contributed by atoms with van der Waals surface area (Å²) in [5.41, 5.74) is 2.23. The molecule has 0 atom stereocenters. The molecular weight excluding hydrogens is 460 g/mol. The van der Waals surface area contributed by atoms with Crippen LogP contribution in [0.3, 0.4) is 0 Å². The van der Waals surface area contributed by atoms with Crippen LogP contribution in [-0.2, 0) is 4.79 Å². The zero-order chi connectivity index (χ0) is 26.1. The molecular formula is C26H30N6O4. The Morgan fingerprint density at radius 1 is 1.08 bits per heavy atom. The zero-order valence-electron chi connectivity index (χ0n) is 20.7. The molecule has 0 saturated carbocycles. The van der Waals surface area contributed by atoms with Gasteiger partial charge in [-0.2, -0.15) is 0 Å². The Hall–Kier alpha value is -4.44. The number of aliphatic imine (C=N–C) groups is 1. The smallest absolute Gasteiger partial charge is 0.273 e. The second-order valence-corrected chi connectivity index (χ2v) is 8.09. The summed E-state index contributed by atoms with van der Waals surface area (Å²) in [7, 11) is 6.99. The number of amides is 2. The molecule has 2 aromatic carbocycles. The lowest BCUT2D eigenvalue weighted by molar-refractivity contribution is -0.110. The van der Waals surface area contributed by atoms with E-state index in [1.54, 1.807) is 56.8 Å². The molecule has 0 aliphatic carbocycles. The number of hydrogen-bond acceptors (Lipinski definition) is 8. The van der Waals surface area contributed by atoms with E-state index in [1.807, 2.05) is 31.1 Å². The summed E-state index contributed by atoms with van der Waals surface area (Å²) in [6.07, 6.45) is 4.70. The monoisotopic (exact) mass is 490 g/mol. The molecule has 0 spiro atoms. The number of likely N-dealkylation sites (N-methyl/N-ethyl adjacent to an activating group) is 1. The van der Waals surface area contributed by atoms with Crippen LogP contribution in [-0.4, -0.2) is 70.0 Å². The van der Waals surface area contributed by atoms with Crippen molar-refractivity contribution in [3.05, 3.63) is 71.6 Å². The van der Waals surface area contributed by atoms with Crippen molar-refractivity contribution in [2.24, 2.45) is 4.99 Å². The average Bonchev–Trinajstić information content (AvgIpc) is 2.88. The number of nitrogens with one attached hydrogen (secondary N) is 4. The molecule has 0 saturated heterocycles. The van der Waals surface area contributed by atoms with Gasteiger partial charge in [-0.1, -0.05) is 0 Å². The zero-order valence-corrected chi connectivity index (χ0v) is 20.7. The Bertz CT molecular complexity index is 1220. The lowest BCUT2D eigenvalue weighted by atomic mass is 10.1. The molecule has 4 N–H and O–H groups in total. The highest BCUT2D eigenvalue weighted by Crippen LogP contribution is 2.30. The predicted octanol–water partition coefficient (Wildman–Crippen LogP) is 2.51. The third-order valence-corrected chi connectivity index (χ3v) is 5.19. The molecule has 10 heteroatoms. The Balaban J connectivity index is 1.59. The highest BCUT2D eigenvalue weighted by Gasteiger charge is 2.14. The van der Waals surface area contributed by atoms with Gasteiger partial charge in [0.25, 0.3) is 11.8 Å². The predicted molar refractivity (Wildman–Crippen MR) is 141 cm³/mol. The molecule has 0 bridgehead atoms. The van der Waals surface area contributed by atoms with E-state index in [-0.39, 0.29) is 11.6 Å². The minimum atomic E-state index is -0.607. The molecule has 1 aliphatic rings. The largest absolute Gasteiger partial charge is 0.493 e. The van der Waals surface area contributed by atoms with Crippen molar-refractivity contribution in [3.63, 3.8) is 0 Å². The summed E-state index contributed by atoms with van der Waals surface area (Å²) in [5.74, 6) is 0.734. The molecule has 2 aromatic rings. The Labute approximate surface area is 210 Å². The number of rotatable bonds is 10. The number of methoxy groups -OCH3 is 2. The molecule has 1 heterocycles. The van der Waals surface area contributed by atoms with Crippen LogP contribution in [0.4, 0.5) is 5.69 Å². The van der Waals surface area contributed by atoms with E-state index in [0.29, 0.717) is 35.1 Å². The van der Waals surface area contributed by atoms with Crippen molar-refractivity contribution >= 4 is 35.1 Å². The summed E-state index contributed by atoms with van der Waals surface area (Å²) < 4.78 is 10.6. The van der Waals surface area contributed by atoms with Crippen LogP contribution >= 0.6 is 0 Å². The molecule has 3 rings (SSSR count). The Morgan fingerprint density at radius 3 is 2.47 bits per heavy atom. The maximum Gasteiger partial charge on any atom is 0.273 e. The third kappa shape index (κ3) is 7.03. The summed E-state index contributed by atoms with van der Waals surface area (Å²) in [5, 5.41) is 16.8. The van der Waals surface area contributed by atoms with Crippen LogP contribution in [0.2, 0.25) is 0 Å². The molecule has 0 radical (unpaired) electrons. The van der Waals surface area contributed by atoms with Crippen LogP contribution in [0.1, 0.15) is 15.9 Å². The highest BCUT2D eigenvalue weighted by molar-refractivity contribution is 6.46. The lowest BCUT2D eigenvalue weighted by Crippen LogP contribution is -2.31. The Kier molecular flexibility index (Phi) is 8.95. The van der Waals surface area contributed by atoms with Gasteiger partial charge in [-0.3, -0.25) is 15.0 Å². The van der Waals surface area contributed by atoms with Crippen molar-refractivity contribution in [3.8, 4) is 11.5 Å². The van der Waals surface area contributed by atoms with Gasteiger partial charge in [0.05, 0.1) is 14.2 Å². The average molecular weight is 491 g/mol. The maximum atomic E-state index is 12.5. The van der Waals surface area contributed by atoms with Crippen LogP contribution in [0.5, 0.6) is 11.5 Å². The van der Waals surface area contributed by atoms with Crippen LogP contribution < -0.4 is 25.4 Å². The Morgan fingerprint density at radius 2 is 1.81 bits per heavy atom. The van der Waals surface area contributed by atoms with Crippen LogP contribution in [0.25, 0.3) is 5.70 Å². The van der Waals surface area contributed by atoms with E-state index in [0.717, 1.165) is 17.8 Å². The van der Waals surface area contributed by atoms with E-state index in [2.05, 4.69) is 20.9 Å². The summed E-state index contributed by atoms with van der Waals surface area (Å²) in [6, 6.07) is 12.0. The SMILES string of the molecule is COc1ccc(C2=CC=N/C(=C/C(=N)C(=O)Nc3ccc(C(=O)NCCN(C)C)cc3)N2)cc1OC. The van der Waals surface area contributed by atoms with E-state index in [9.17, 15) is 9.59 Å². The van der Waals surface area contributed by atoms with Crippen molar-refractivity contribution in [2.45, 2.75) is 0 Å². The fourth-order valence-electron chi connectivity index (χ4n) is 3.25. The molecule has 1 aliphatic heterocycles. The lowest BCUT2D eigenvalue weighted by Gasteiger charge is -2.16. The number of benzene rings is 2. The van der Waals surface area contributed by atoms with Gasteiger partial charge in [-0.05, 0) is 62.6 Å². The molecule has 2 amide bonds. The third-order valence-electron chi connectivity index (χ3n) is 5.19. The van der Waals surface area contributed by atoms with Crippen molar-refractivity contribution in [2.75, 3.05) is 46.7 Å². The fraction of sp³-hybridized carbons (Fsp3) is 0.231. The maximum absolute atomic E-state index is 12.5. The second kappa shape index (κ2) is 12.3. The minimum Gasteiger partial charge on any atom is -0.493 e. The van der Waals surface area contributed by atoms with Crippen LogP contribution in [0, 0.1) is 5.41 Å². The standard InChI is InChI=1S/C26H30N6O4/c1-32(2)14-13-29-25(33)17-5-8-19(9-6-17)30-26(34)20(27)16-24-28-12-11-21(31-24)18-7-10-22(35-3)23(15-18)36-4/h5-12,15-16,27,31H,13-14H2,1-4H3,(H,29,33)(H,30,34)/b24-16-,27-20?. The van der Waals surface area contributed by atoms with E-state index in [1.165, 1.54) is 6.08 Å². The summed E-state index contributed by atoms with van der Waals surface area (Å²) in [4.78, 5) is 30.9. The van der Waals surface area contributed by atoms with Gasteiger partial charge in [0.15, 0.2) is 11.5 Å². The quantitative estimate of drug-likeness (QED) is 0.379. The highest BCUT2D eigenvalue weighted by atomic mass is 16.5. The van der Waals surface area contributed by atoms with Gasteiger partial charge in [-0.15, -0.1) is 0 Å². The van der Waals surface area contributed by atoms with Gasteiger partial charge in [-0.25, -0.2) is 4.99 Å². The van der Waals surface area contributed by atoms with Gasteiger partial charge in [0.2, 0.25) is 0 Å². The number of carbonyl (C=O) groups excluding carboxylic acids is 2. The molecule has 0 aromatic heterocycles. The molecule has 188 valence electrons. The minimum absolute atomic E-state index is 0.188. The molecule has 36 heavy (non-hydrogen) atoms. The number of anilines is 1. The van der Waals surface area contributed by atoms with Crippen molar-refractivity contribution in [1.29, 1.82) is 5.41 Å². The van der Waals surface area contributed by atoms with Crippen molar-refractivity contribution in [1.82, 2.24) is 15.5 Å². The van der Waals surface area contributed by atoms with E-state index < -0.39 is 5.91 Å². The first kappa shape index (κ1) is 26.2. The number of hydrogen-bond donors (Lipinski definition) is 4. The summed E-state index contributed by atoms with van der Waals surface area (Å²) >= 11 is 0. The fourth-order valence-corrected chi connectivity index (χ4v) is 3.25. The number of ether oxygens (including phenoxy) is 2. The number of carbonyl (C=O) groups is 2. The van der Waals surface area contributed by atoms with Crippen LogP contribution in [0.15, 0.2) is 65.4 Å². The van der Waals surface area contributed by atoms with Crippen molar-refractivity contribution < 1.29 is 19.1 Å². The first-order chi connectivity index (χ1) is 17.3. The normalized spacial score (nSPS) is 13.6. The van der Waals surface area contributed by atoms with Gasteiger partial charge in [0.1, 0.15) is 11.5 Å².